The second-order valence-corrected chi connectivity index (χ2v) is 10.3. The average molecular weight is 440 g/mol. The molecular weight excluding hydrogens is 398 g/mol. The molecule has 176 valence electrons. The Morgan fingerprint density at radius 3 is 2.53 bits per heavy atom. The number of likely N-dealkylation sites (N-methyl/N-ethyl adjacent to an activating group) is 1. The van der Waals surface area contributed by atoms with Gasteiger partial charge in [-0.15, -0.1) is 0 Å². The molecule has 32 heavy (non-hydrogen) atoms. The molecule has 2 heterocycles. The fourth-order valence-electron chi connectivity index (χ4n) is 6.08. The number of nitrogens with zero attached hydrogens (tertiary/aromatic N) is 2. The van der Waals surface area contributed by atoms with E-state index in [2.05, 4.69) is 39.4 Å². The molecule has 5 nitrogen and oxygen atoms in total. The van der Waals surface area contributed by atoms with E-state index in [0.29, 0.717) is 12.3 Å². The van der Waals surface area contributed by atoms with E-state index >= 15 is 0 Å². The summed E-state index contributed by atoms with van der Waals surface area (Å²) in [6.45, 7) is 5.78. The van der Waals surface area contributed by atoms with Crippen LogP contribution in [0.2, 0.25) is 0 Å². The van der Waals surface area contributed by atoms with Crippen LogP contribution >= 0.6 is 0 Å². The molecule has 3 atom stereocenters. The Labute approximate surface area is 193 Å². The van der Waals surface area contributed by atoms with Crippen LogP contribution in [0.1, 0.15) is 69.4 Å². The van der Waals surface area contributed by atoms with Gasteiger partial charge in [0.15, 0.2) is 0 Å². The first kappa shape index (κ1) is 23.4. The third-order valence-electron chi connectivity index (χ3n) is 8.21. The van der Waals surface area contributed by atoms with Gasteiger partial charge in [0.2, 0.25) is 5.91 Å². The Bertz CT molecular complexity index is 789. The number of amides is 1. The van der Waals surface area contributed by atoms with Gasteiger partial charge in [0, 0.05) is 44.6 Å². The minimum atomic E-state index is -0.184. The van der Waals surface area contributed by atoms with E-state index in [-0.39, 0.29) is 29.7 Å². The zero-order valence-electron chi connectivity index (χ0n) is 20.0. The summed E-state index contributed by atoms with van der Waals surface area (Å²) < 4.78 is 0. The van der Waals surface area contributed by atoms with Crippen molar-refractivity contribution in [3.8, 4) is 0 Å². The van der Waals surface area contributed by atoms with Gasteiger partial charge in [0.05, 0.1) is 6.04 Å². The molecule has 1 saturated carbocycles. The van der Waals surface area contributed by atoms with Crippen LogP contribution in [-0.4, -0.2) is 60.3 Å². The van der Waals surface area contributed by atoms with Crippen molar-refractivity contribution >= 4 is 11.7 Å². The van der Waals surface area contributed by atoms with Crippen LogP contribution in [0.15, 0.2) is 24.3 Å². The van der Waals surface area contributed by atoms with Crippen LogP contribution in [0.3, 0.4) is 0 Å². The van der Waals surface area contributed by atoms with Crippen LogP contribution in [-0.2, 0) is 22.6 Å². The number of ketones is 1. The van der Waals surface area contributed by atoms with Crippen molar-refractivity contribution < 1.29 is 9.59 Å². The first-order valence-electron chi connectivity index (χ1n) is 12.9. The summed E-state index contributed by atoms with van der Waals surface area (Å²) in [5.74, 6) is 0.668. The normalized spacial score (nSPS) is 24.2. The predicted molar refractivity (Wildman–Crippen MR) is 128 cm³/mol. The number of likely N-dealkylation sites (tertiary alicyclic amines) is 1. The largest absolute Gasteiger partial charge is 0.338 e. The van der Waals surface area contributed by atoms with Crippen LogP contribution in [0, 0.1) is 11.8 Å². The van der Waals surface area contributed by atoms with Crippen molar-refractivity contribution in [1.29, 1.82) is 0 Å². The van der Waals surface area contributed by atoms with Crippen molar-refractivity contribution in [3.63, 3.8) is 0 Å². The second kappa shape index (κ2) is 10.9. The molecule has 1 saturated heterocycles. The average Bonchev–Trinajstić information content (AvgIpc) is 3.30. The number of rotatable bonds is 8. The monoisotopic (exact) mass is 439 g/mol. The number of Topliss-reactive ketones (excluding diaryl/α,β-unsaturated/α-hetero) is 1. The summed E-state index contributed by atoms with van der Waals surface area (Å²) in [5.41, 5.74) is 2.90. The molecule has 0 aromatic heterocycles. The van der Waals surface area contributed by atoms with Crippen molar-refractivity contribution in [2.75, 3.05) is 26.7 Å². The zero-order chi connectivity index (χ0) is 22.5. The van der Waals surface area contributed by atoms with Gasteiger partial charge in [-0.05, 0) is 63.1 Å². The van der Waals surface area contributed by atoms with Crippen LogP contribution in [0.5, 0.6) is 0 Å². The maximum atomic E-state index is 13.9. The summed E-state index contributed by atoms with van der Waals surface area (Å²) in [4.78, 5) is 31.4. The molecule has 3 aliphatic rings. The number of hydrogen-bond donors (Lipinski definition) is 1. The highest BCUT2D eigenvalue weighted by molar-refractivity contribution is 5.90. The zero-order valence-corrected chi connectivity index (χ0v) is 20.0. The smallest absolute Gasteiger partial charge is 0.226 e. The van der Waals surface area contributed by atoms with Crippen LogP contribution < -0.4 is 5.32 Å². The maximum Gasteiger partial charge on any atom is 0.226 e. The highest BCUT2D eigenvalue weighted by Crippen LogP contribution is 2.35. The Morgan fingerprint density at radius 1 is 1.03 bits per heavy atom. The Balaban J connectivity index is 1.44. The van der Waals surface area contributed by atoms with Gasteiger partial charge in [-0.3, -0.25) is 14.5 Å². The van der Waals surface area contributed by atoms with Crippen molar-refractivity contribution in [3.05, 3.63) is 35.4 Å². The summed E-state index contributed by atoms with van der Waals surface area (Å²) >= 11 is 0. The Hall–Kier alpha value is -1.72. The molecule has 1 N–H and O–H groups in total. The minimum Gasteiger partial charge on any atom is -0.338 e. The van der Waals surface area contributed by atoms with Crippen molar-refractivity contribution in [2.24, 2.45) is 11.8 Å². The molecule has 5 heteroatoms. The topological polar surface area (TPSA) is 52.7 Å². The predicted octanol–water partition coefficient (Wildman–Crippen LogP) is 3.80. The lowest BCUT2D eigenvalue weighted by atomic mass is 9.76. The van der Waals surface area contributed by atoms with Crippen molar-refractivity contribution in [2.45, 2.75) is 83.3 Å². The molecule has 4 rings (SSSR count). The third-order valence-corrected chi connectivity index (χ3v) is 8.21. The molecule has 1 amide bonds. The highest BCUT2D eigenvalue weighted by atomic mass is 16.2. The van der Waals surface area contributed by atoms with Gasteiger partial charge in [0.25, 0.3) is 0 Å². The summed E-state index contributed by atoms with van der Waals surface area (Å²) in [5, 5.41) is 3.07. The molecule has 0 unspecified atom stereocenters. The molecule has 0 spiro atoms. The van der Waals surface area contributed by atoms with E-state index in [1.165, 1.54) is 30.4 Å². The van der Waals surface area contributed by atoms with Gasteiger partial charge in [-0.2, -0.15) is 0 Å². The van der Waals surface area contributed by atoms with Gasteiger partial charge in [-0.1, -0.05) is 43.5 Å². The number of fused-ring (bicyclic) bond motifs is 1. The summed E-state index contributed by atoms with van der Waals surface area (Å²) in [6, 6.07) is 8.86. The van der Waals surface area contributed by atoms with E-state index in [9.17, 15) is 9.59 Å². The molecule has 1 aromatic rings. The molecule has 0 radical (unpaired) electrons. The molecule has 0 bridgehead atoms. The van der Waals surface area contributed by atoms with E-state index < -0.39 is 0 Å². The third kappa shape index (κ3) is 5.43. The number of nitrogens with one attached hydrogen (secondary N) is 1. The Kier molecular flexibility index (Phi) is 8.01. The quantitative estimate of drug-likeness (QED) is 0.669. The number of hydrogen-bond acceptors (Lipinski definition) is 4. The van der Waals surface area contributed by atoms with Crippen LogP contribution in [0.25, 0.3) is 0 Å². The minimum absolute atomic E-state index is 0.138. The number of benzene rings is 1. The lowest BCUT2D eigenvalue weighted by Gasteiger charge is -2.37. The molecule has 1 aliphatic carbocycles. The molecular formula is C27H41N3O2. The lowest BCUT2D eigenvalue weighted by molar-refractivity contribution is -0.142. The molecule has 2 fully saturated rings. The van der Waals surface area contributed by atoms with Crippen molar-refractivity contribution in [1.82, 2.24) is 15.1 Å². The van der Waals surface area contributed by atoms with Gasteiger partial charge >= 0.3 is 0 Å². The molecule has 2 aliphatic heterocycles. The second-order valence-electron chi connectivity index (χ2n) is 10.3. The van der Waals surface area contributed by atoms with Gasteiger partial charge < -0.3 is 10.2 Å². The summed E-state index contributed by atoms with van der Waals surface area (Å²) in [7, 11) is 1.83. The maximum absolute atomic E-state index is 13.9. The Morgan fingerprint density at radius 2 is 1.78 bits per heavy atom. The van der Waals surface area contributed by atoms with E-state index in [1.807, 2.05) is 14.0 Å². The SMILES string of the molecule is CN[C@@H](C)C(=O)C[C@H](C(=O)N1CCC[C@H]1CN1CCc2ccccc2C1)C1CCCCC1. The van der Waals surface area contributed by atoms with E-state index in [1.54, 1.807) is 0 Å². The number of carbonyl (C=O) groups is 2. The number of carbonyl (C=O) groups excluding carboxylic acids is 2. The molecule has 1 aromatic carbocycles. The van der Waals surface area contributed by atoms with Gasteiger partial charge in [0.1, 0.15) is 5.78 Å². The lowest BCUT2D eigenvalue weighted by Crippen LogP contribution is -2.48. The van der Waals surface area contributed by atoms with E-state index in [4.69, 9.17) is 0 Å². The highest BCUT2D eigenvalue weighted by Gasteiger charge is 2.39. The first-order chi connectivity index (χ1) is 15.6. The van der Waals surface area contributed by atoms with Crippen LogP contribution in [0.4, 0.5) is 0 Å². The van der Waals surface area contributed by atoms with Gasteiger partial charge in [-0.25, -0.2) is 0 Å². The fourth-order valence-corrected chi connectivity index (χ4v) is 6.08. The standard InChI is InChI=1S/C27H41N3O2/c1-20(28-2)26(31)17-25(22-10-4-3-5-11-22)27(32)30-15-8-13-24(30)19-29-16-14-21-9-6-7-12-23(21)18-29/h6-7,9,12,20,22,24-25,28H,3-5,8,10-11,13-19H2,1-2H3/t20-,24-,25-/m0/s1. The summed E-state index contributed by atoms with van der Waals surface area (Å²) in [6.07, 6.45) is 9.51. The fraction of sp³-hybridized carbons (Fsp3) is 0.704. The first-order valence-corrected chi connectivity index (χ1v) is 12.9. The van der Waals surface area contributed by atoms with E-state index in [0.717, 1.165) is 58.3 Å².